The first-order valence-electron chi connectivity index (χ1n) is 13.5. The summed E-state index contributed by atoms with van der Waals surface area (Å²) in [6.07, 6.45) is 6.14. The van der Waals surface area contributed by atoms with E-state index in [2.05, 4.69) is 54.4 Å². The maximum atomic E-state index is 13.6. The maximum absolute atomic E-state index is 13.6. The second kappa shape index (κ2) is 11.5. The van der Waals surface area contributed by atoms with Crippen molar-refractivity contribution in [2.24, 2.45) is 5.41 Å². The van der Waals surface area contributed by atoms with Crippen LogP contribution < -0.4 is 26.4 Å². The van der Waals surface area contributed by atoms with Crippen LogP contribution in [0.25, 0.3) is 5.82 Å². The Hall–Kier alpha value is -4.15. The van der Waals surface area contributed by atoms with E-state index < -0.39 is 11.2 Å². The summed E-state index contributed by atoms with van der Waals surface area (Å²) in [5.74, 6) is 1.25. The average Bonchev–Trinajstić information content (AvgIpc) is 3.56. The highest BCUT2D eigenvalue weighted by atomic mass is 19.1. The Morgan fingerprint density at radius 1 is 1.25 bits per heavy atom. The molecule has 0 radical (unpaired) electrons. The van der Waals surface area contributed by atoms with E-state index >= 15 is 0 Å². The molecule has 40 heavy (non-hydrogen) atoms. The van der Waals surface area contributed by atoms with Gasteiger partial charge in [-0.05, 0) is 51.7 Å². The fourth-order valence-corrected chi connectivity index (χ4v) is 5.19. The van der Waals surface area contributed by atoms with E-state index in [0.29, 0.717) is 43.7 Å². The molecule has 2 unspecified atom stereocenters. The molecule has 1 amide bonds. The Balaban J connectivity index is 1.23. The van der Waals surface area contributed by atoms with Crippen molar-refractivity contribution in [1.82, 2.24) is 40.9 Å². The minimum absolute atomic E-state index is 0.0416. The number of anilines is 2. The van der Waals surface area contributed by atoms with Crippen molar-refractivity contribution in [3.63, 3.8) is 0 Å². The van der Waals surface area contributed by atoms with Crippen molar-refractivity contribution in [2.75, 3.05) is 23.3 Å². The number of aryl methyl sites for hydroxylation is 1. The topological polar surface area (TPSA) is 149 Å². The van der Waals surface area contributed by atoms with Gasteiger partial charge in [-0.15, -0.1) is 0 Å². The number of hydrogen-bond acceptors (Lipinski definition) is 10. The van der Waals surface area contributed by atoms with E-state index in [1.54, 1.807) is 12.3 Å². The van der Waals surface area contributed by atoms with Crippen LogP contribution in [0.5, 0.6) is 0 Å². The molecule has 3 aromatic rings. The van der Waals surface area contributed by atoms with Gasteiger partial charge in [-0.1, -0.05) is 6.07 Å². The normalized spacial score (nSPS) is 21.0. The van der Waals surface area contributed by atoms with Gasteiger partial charge < -0.3 is 15.5 Å². The predicted octanol–water partition coefficient (Wildman–Crippen LogP) is 2.51. The number of nitrogens with zero attached hydrogens (tertiary/aromatic N) is 7. The zero-order valence-corrected chi connectivity index (χ0v) is 22.9. The van der Waals surface area contributed by atoms with Crippen molar-refractivity contribution in [3.05, 3.63) is 53.9 Å². The van der Waals surface area contributed by atoms with Gasteiger partial charge in [0.15, 0.2) is 11.6 Å². The summed E-state index contributed by atoms with van der Waals surface area (Å²) < 4.78 is 14.6. The number of piperidine rings is 1. The lowest BCUT2D eigenvalue weighted by Crippen LogP contribution is -2.49. The van der Waals surface area contributed by atoms with Gasteiger partial charge in [0.1, 0.15) is 5.82 Å². The van der Waals surface area contributed by atoms with Crippen LogP contribution in [-0.2, 0) is 4.79 Å². The lowest BCUT2D eigenvalue weighted by molar-refractivity contribution is -0.132. The molecule has 2 saturated heterocycles. The third-order valence-electron chi connectivity index (χ3n) is 7.59. The molecule has 0 aliphatic carbocycles. The average molecular weight is 548 g/mol. The second-order valence-electron chi connectivity index (χ2n) is 10.7. The Morgan fingerprint density at radius 3 is 2.67 bits per heavy atom. The van der Waals surface area contributed by atoms with E-state index in [9.17, 15) is 14.4 Å². The van der Waals surface area contributed by atoms with Crippen LogP contribution >= 0.6 is 0 Å². The molecule has 0 bridgehead atoms. The van der Waals surface area contributed by atoms with Crippen molar-refractivity contribution >= 4 is 17.7 Å². The van der Waals surface area contributed by atoms with Crippen LogP contribution in [0.3, 0.4) is 0 Å². The molecule has 4 N–H and O–H groups in total. The van der Waals surface area contributed by atoms with Gasteiger partial charge in [-0.2, -0.15) is 15.3 Å². The maximum Gasteiger partial charge on any atom is 0.227 e. The number of carbonyl (C=O) groups is 1. The molecule has 2 fully saturated rings. The Bertz CT molecular complexity index is 1380. The summed E-state index contributed by atoms with van der Waals surface area (Å²) >= 11 is 0. The minimum atomic E-state index is -0.793. The lowest BCUT2D eigenvalue weighted by Gasteiger charge is -2.40. The molecule has 0 spiro atoms. The predicted molar refractivity (Wildman–Crippen MR) is 147 cm³/mol. The number of nitrogens with one attached hydrogen (secondary N) is 4. The zero-order chi connectivity index (χ0) is 28.3. The molecular formula is C27H34FN11O. The van der Waals surface area contributed by atoms with Crippen LogP contribution in [0.2, 0.25) is 0 Å². The Morgan fingerprint density at radius 2 is 2.05 bits per heavy atom. The monoisotopic (exact) mass is 547 g/mol. The fourth-order valence-electron chi connectivity index (χ4n) is 5.19. The Kier molecular flexibility index (Phi) is 7.90. The first-order valence-corrected chi connectivity index (χ1v) is 13.5. The Labute approximate surface area is 232 Å². The molecule has 2 aliphatic rings. The quantitative estimate of drug-likeness (QED) is 0.331. The molecule has 13 heteroatoms. The van der Waals surface area contributed by atoms with Crippen LogP contribution in [0, 0.1) is 29.5 Å². The van der Waals surface area contributed by atoms with Crippen LogP contribution in [-0.4, -0.2) is 55.9 Å². The number of halogens is 1. The third kappa shape index (κ3) is 6.03. The van der Waals surface area contributed by atoms with Gasteiger partial charge in [-0.3, -0.25) is 10.2 Å². The van der Waals surface area contributed by atoms with E-state index in [4.69, 9.17) is 4.98 Å². The number of rotatable bonds is 8. The smallest absolute Gasteiger partial charge is 0.227 e. The first kappa shape index (κ1) is 27.4. The molecular weight excluding hydrogens is 513 g/mol. The highest BCUT2D eigenvalue weighted by molar-refractivity contribution is 5.83. The van der Waals surface area contributed by atoms with Gasteiger partial charge in [0.25, 0.3) is 0 Å². The van der Waals surface area contributed by atoms with Crippen LogP contribution in [0.1, 0.15) is 56.8 Å². The molecule has 2 aliphatic heterocycles. The number of nitriles is 1. The van der Waals surface area contributed by atoms with Crippen LogP contribution in [0.4, 0.5) is 16.2 Å². The second-order valence-corrected chi connectivity index (χ2v) is 10.7. The van der Waals surface area contributed by atoms with Gasteiger partial charge >= 0.3 is 0 Å². The first-order chi connectivity index (χ1) is 19.2. The van der Waals surface area contributed by atoms with Gasteiger partial charge in [0.2, 0.25) is 11.9 Å². The summed E-state index contributed by atoms with van der Waals surface area (Å²) in [6, 6.07) is 7.77. The van der Waals surface area contributed by atoms with E-state index in [1.807, 2.05) is 26.0 Å². The zero-order valence-electron chi connectivity index (χ0n) is 22.9. The SMILES string of the molecule is Cc1cc(N2CCC(CC#N)(C(=O)N[C@@H](C)c3ccc(-n4cc(F)cn4)nc3)CC2)nc(NC2CC(C)NN2)n1. The molecule has 5 heterocycles. The number of hydrazine groups is 1. The largest absolute Gasteiger partial charge is 0.356 e. The van der Waals surface area contributed by atoms with Crippen LogP contribution in [0.15, 0.2) is 36.8 Å². The highest BCUT2D eigenvalue weighted by Crippen LogP contribution is 2.37. The summed E-state index contributed by atoms with van der Waals surface area (Å²) in [7, 11) is 0. The number of pyridine rings is 1. The minimum Gasteiger partial charge on any atom is -0.356 e. The van der Waals surface area contributed by atoms with Gasteiger partial charge in [-0.25, -0.2) is 24.5 Å². The number of amides is 1. The number of aromatic nitrogens is 5. The summed E-state index contributed by atoms with van der Waals surface area (Å²) in [5.41, 5.74) is 7.24. The van der Waals surface area contributed by atoms with Crippen molar-refractivity contribution in [2.45, 2.75) is 64.7 Å². The molecule has 0 aromatic carbocycles. The summed E-state index contributed by atoms with van der Waals surface area (Å²) in [5, 5.41) is 20.0. The lowest BCUT2D eigenvalue weighted by atomic mass is 9.75. The van der Waals surface area contributed by atoms with Gasteiger partial charge in [0.05, 0.1) is 36.1 Å². The van der Waals surface area contributed by atoms with E-state index in [-0.39, 0.29) is 24.5 Å². The molecule has 12 nitrogen and oxygen atoms in total. The molecule has 3 atom stereocenters. The van der Waals surface area contributed by atoms with E-state index in [1.165, 1.54) is 10.9 Å². The van der Waals surface area contributed by atoms with Crippen molar-refractivity contribution in [3.8, 4) is 11.9 Å². The van der Waals surface area contributed by atoms with Gasteiger partial charge in [0, 0.05) is 43.5 Å². The molecule has 0 saturated carbocycles. The van der Waals surface area contributed by atoms with Crippen molar-refractivity contribution in [1.29, 1.82) is 5.26 Å². The fraction of sp³-hybridized carbons (Fsp3) is 0.481. The third-order valence-corrected chi connectivity index (χ3v) is 7.59. The number of hydrogen-bond donors (Lipinski definition) is 4. The number of carbonyl (C=O) groups excluding carboxylic acids is 1. The molecule has 210 valence electrons. The van der Waals surface area contributed by atoms with Crippen molar-refractivity contribution < 1.29 is 9.18 Å². The van der Waals surface area contributed by atoms with E-state index in [0.717, 1.165) is 29.7 Å². The summed E-state index contributed by atoms with van der Waals surface area (Å²) in [4.78, 5) is 29.3. The molecule has 5 rings (SSSR count). The molecule has 3 aromatic heterocycles. The highest BCUT2D eigenvalue weighted by Gasteiger charge is 2.42. The summed E-state index contributed by atoms with van der Waals surface area (Å²) in [6.45, 7) is 7.11. The standard InChI is InChI=1S/C27H34FN11O/c1-17-13-24(35-26(32-17)34-22-12-18(2)36-37-22)38-10-7-27(6-9-29,8-11-38)25(40)33-19(3)20-4-5-23(30-14-20)39-16-21(28)15-31-39/h4-5,13-16,18-19,22,36-37H,6-8,10-12H2,1-3H3,(H,33,40)(H,32,34,35)/t18?,19-,22?/m0/s1.